The molecular formula is C15H14F3NO2. The van der Waals surface area contributed by atoms with Crippen molar-refractivity contribution in [3.05, 3.63) is 47.8 Å². The molecule has 0 amide bonds. The molecule has 0 aliphatic carbocycles. The first-order chi connectivity index (χ1) is 9.86. The summed E-state index contributed by atoms with van der Waals surface area (Å²) in [5.74, 6) is -0.574. The maximum Gasteiger partial charge on any atom is 0.416 e. The summed E-state index contributed by atoms with van der Waals surface area (Å²) in [5, 5.41) is 0. The molecule has 6 heteroatoms. The largest absolute Gasteiger partial charge is 0.465 e. The third kappa shape index (κ3) is 3.09. The van der Waals surface area contributed by atoms with Crippen molar-refractivity contribution in [2.75, 3.05) is 7.11 Å². The molecule has 1 heterocycles. The van der Waals surface area contributed by atoms with Gasteiger partial charge in [0, 0.05) is 24.5 Å². The Hall–Kier alpha value is -2.24. The van der Waals surface area contributed by atoms with E-state index in [-0.39, 0.29) is 5.56 Å². The summed E-state index contributed by atoms with van der Waals surface area (Å²) in [5.41, 5.74) is 0.256. The Morgan fingerprint density at radius 2 is 2.00 bits per heavy atom. The van der Waals surface area contributed by atoms with Gasteiger partial charge < -0.3 is 9.30 Å². The number of methoxy groups -OCH3 is 1. The van der Waals surface area contributed by atoms with Crippen molar-refractivity contribution in [1.82, 2.24) is 4.57 Å². The highest BCUT2D eigenvalue weighted by Crippen LogP contribution is 2.33. The minimum Gasteiger partial charge on any atom is -0.465 e. The molecule has 0 aliphatic rings. The van der Waals surface area contributed by atoms with Gasteiger partial charge in [-0.2, -0.15) is 13.2 Å². The molecule has 0 saturated heterocycles. The number of carbonyl (C=O) groups excluding carboxylic acids is 1. The molecule has 21 heavy (non-hydrogen) atoms. The number of benzene rings is 1. The number of hydrogen-bond acceptors (Lipinski definition) is 2. The van der Waals surface area contributed by atoms with Crippen molar-refractivity contribution < 1.29 is 22.7 Å². The molecule has 0 unspecified atom stereocenters. The van der Waals surface area contributed by atoms with Gasteiger partial charge in [0.1, 0.15) is 0 Å². The standard InChI is InChI=1S/C15H14F3NO2/c1-3-19-8-12(13(9-19)14(20)21-2)10-5-4-6-11(7-10)15(16,17)18/h4-9H,3H2,1-2H3. The maximum absolute atomic E-state index is 12.8. The number of alkyl halides is 3. The first-order valence-electron chi connectivity index (χ1n) is 6.32. The second-order valence-electron chi connectivity index (χ2n) is 4.49. The molecule has 2 rings (SSSR count). The highest BCUT2D eigenvalue weighted by atomic mass is 19.4. The van der Waals surface area contributed by atoms with E-state index in [0.717, 1.165) is 12.1 Å². The van der Waals surface area contributed by atoms with Crippen LogP contribution in [-0.4, -0.2) is 17.6 Å². The number of aromatic nitrogens is 1. The quantitative estimate of drug-likeness (QED) is 0.802. The molecule has 3 nitrogen and oxygen atoms in total. The van der Waals surface area contributed by atoms with Crippen LogP contribution < -0.4 is 0 Å². The highest BCUT2D eigenvalue weighted by Gasteiger charge is 2.30. The van der Waals surface area contributed by atoms with E-state index in [0.29, 0.717) is 17.7 Å². The predicted molar refractivity (Wildman–Crippen MR) is 71.9 cm³/mol. The first-order valence-corrected chi connectivity index (χ1v) is 6.32. The summed E-state index contributed by atoms with van der Waals surface area (Å²) in [6.45, 7) is 2.47. The van der Waals surface area contributed by atoms with E-state index in [4.69, 9.17) is 0 Å². The summed E-state index contributed by atoms with van der Waals surface area (Å²) in [6, 6.07) is 4.89. The fraction of sp³-hybridized carbons (Fsp3) is 0.267. The molecule has 0 atom stereocenters. The zero-order valence-electron chi connectivity index (χ0n) is 11.6. The van der Waals surface area contributed by atoms with Crippen LogP contribution >= 0.6 is 0 Å². The van der Waals surface area contributed by atoms with Crippen LogP contribution in [-0.2, 0) is 17.5 Å². The van der Waals surface area contributed by atoms with Gasteiger partial charge in [-0.15, -0.1) is 0 Å². The first kappa shape index (κ1) is 15.2. The number of carbonyl (C=O) groups is 1. The second kappa shape index (κ2) is 5.63. The lowest BCUT2D eigenvalue weighted by Crippen LogP contribution is -2.05. The van der Waals surface area contributed by atoms with Crippen LogP contribution in [0.25, 0.3) is 11.1 Å². The number of hydrogen-bond donors (Lipinski definition) is 0. The van der Waals surface area contributed by atoms with Gasteiger partial charge in [-0.05, 0) is 24.6 Å². The molecule has 0 bridgehead atoms. The van der Waals surface area contributed by atoms with Gasteiger partial charge in [0.05, 0.1) is 18.2 Å². The number of aryl methyl sites for hydroxylation is 1. The summed E-state index contributed by atoms with van der Waals surface area (Å²) in [6.07, 6.45) is -1.21. The zero-order valence-corrected chi connectivity index (χ0v) is 11.6. The molecule has 1 aromatic heterocycles. The van der Waals surface area contributed by atoms with Crippen LogP contribution in [0.2, 0.25) is 0 Å². The Balaban J connectivity index is 2.56. The van der Waals surface area contributed by atoms with Crippen LogP contribution in [0.3, 0.4) is 0 Å². The van der Waals surface area contributed by atoms with Crippen LogP contribution in [0.4, 0.5) is 13.2 Å². The van der Waals surface area contributed by atoms with Crippen molar-refractivity contribution in [1.29, 1.82) is 0 Å². The van der Waals surface area contributed by atoms with Crippen molar-refractivity contribution in [2.24, 2.45) is 0 Å². The minimum absolute atomic E-state index is 0.249. The summed E-state index contributed by atoms with van der Waals surface area (Å²) >= 11 is 0. The molecule has 0 spiro atoms. The Morgan fingerprint density at radius 3 is 2.57 bits per heavy atom. The lowest BCUT2D eigenvalue weighted by atomic mass is 10.0. The van der Waals surface area contributed by atoms with E-state index in [2.05, 4.69) is 4.74 Å². The van der Waals surface area contributed by atoms with E-state index in [9.17, 15) is 18.0 Å². The fourth-order valence-electron chi connectivity index (χ4n) is 2.06. The van der Waals surface area contributed by atoms with Gasteiger partial charge in [0.2, 0.25) is 0 Å². The summed E-state index contributed by atoms with van der Waals surface area (Å²) < 4.78 is 44.8. The van der Waals surface area contributed by atoms with Crippen molar-refractivity contribution in [3.8, 4) is 11.1 Å². The lowest BCUT2D eigenvalue weighted by molar-refractivity contribution is -0.137. The fourth-order valence-corrected chi connectivity index (χ4v) is 2.06. The van der Waals surface area contributed by atoms with Crippen LogP contribution in [0.5, 0.6) is 0 Å². The second-order valence-corrected chi connectivity index (χ2v) is 4.49. The molecule has 0 N–H and O–H groups in total. The Bertz CT molecular complexity index is 659. The monoisotopic (exact) mass is 297 g/mol. The van der Waals surface area contributed by atoms with E-state index < -0.39 is 17.7 Å². The molecule has 0 radical (unpaired) electrons. The minimum atomic E-state index is -4.42. The Kier molecular flexibility index (Phi) is 4.06. The van der Waals surface area contributed by atoms with E-state index >= 15 is 0 Å². The predicted octanol–water partition coefficient (Wildman–Crippen LogP) is 3.98. The summed E-state index contributed by atoms with van der Waals surface area (Å²) in [7, 11) is 1.24. The van der Waals surface area contributed by atoms with Gasteiger partial charge in [-0.25, -0.2) is 4.79 Å². The Labute approximate surface area is 120 Å². The van der Waals surface area contributed by atoms with Gasteiger partial charge >= 0.3 is 12.1 Å². The van der Waals surface area contributed by atoms with Crippen LogP contribution in [0, 0.1) is 0 Å². The average Bonchev–Trinajstić information content (AvgIpc) is 2.90. The molecule has 0 saturated carbocycles. The number of rotatable bonds is 3. The van der Waals surface area contributed by atoms with Crippen LogP contribution in [0.15, 0.2) is 36.7 Å². The third-order valence-corrected chi connectivity index (χ3v) is 3.15. The van der Waals surface area contributed by atoms with E-state index in [1.54, 1.807) is 17.0 Å². The number of halogens is 3. The Morgan fingerprint density at radius 1 is 1.29 bits per heavy atom. The number of nitrogens with zero attached hydrogens (tertiary/aromatic N) is 1. The average molecular weight is 297 g/mol. The SMILES string of the molecule is CCn1cc(C(=O)OC)c(-c2cccc(C(F)(F)F)c2)c1. The topological polar surface area (TPSA) is 31.2 Å². The van der Waals surface area contributed by atoms with Gasteiger partial charge in [0.25, 0.3) is 0 Å². The molecule has 0 aliphatic heterocycles. The van der Waals surface area contributed by atoms with Gasteiger partial charge in [-0.1, -0.05) is 12.1 Å². The lowest BCUT2D eigenvalue weighted by Gasteiger charge is -2.09. The van der Waals surface area contributed by atoms with Crippen molar-refractivity contribution in [3.63, 3.8) is 0 Å². The smallest absolute Gasteiger partial charge is 0.416 e. The van der Waals surface area contributed by atoms with Crippen molar-refractivity contribution >= 4 is 5.97 Å². The van der Waals surface area contributed by atoms with E-state index in [1.165, 1.54) is 19.2 Å². The molecule has 112 valence electrons. The number of ether oxygens (including phenoxy) is 1. The van der Waals surface area contributed by atoms with Gasteiger partial charge in [0.15, 0.2) is 0 Å². The third-order valence-electron chi connectivity index (χ3n) is 3.15. The maximum atomic E-state index is 12.8. The van der Waals surface area contributed by atoms with Gasteiger partial charge in [-0.3, -0.25) is 0 Å². The highest BCUT2D eigenvalue weighted by molar-refractivity contribution is 5.97. The zero-order chi connectivity index (χ0) is 15.6. The van der Waals surface area contributed by atoms with E-state index in [1.807, 2.05) is 6.92 Å². The van der Waals surface area contributed by atoms with Crippen LogP contribution in [0.1, 0.15) is 22.8 Å². The number of esters is 1. The molecule has 0 fully saturated rings. The summed E-state index contributed by atoms with van der Waals surface area (Å²) in [4.78, 5) is 11.8. The molecule has 1 aromatic carbocycles. The molecular weight excluding hydrogens is 283 g/mol. The normalized spacial score (nSPS) is 11.5. The van der Waals surface area contributed by atoms with Crippen molar-refractivity contribution in [2.45, 2.75) is 19.6 Å². The molecule has 2 aromatic rings.